The maximum Gasteiger partial charge on any atom is 0.242 e. The van der Waals surface area contributed by atoms with Crippen LogP contribution in [0.25, 0.3) is 0 Å². The van der Waals surface area contributed by atoms with Crippen LogP contribution in [-0.4, -0.2) is 56.1 Å². The number of likely N-dealkylation sites (tertiary alicyclic amines) is 1. The Morgan fingerprint density at radius 3 is 2.18 bits per heavy atom. The first kappa shape index (κ1) is 34.9. The van der Waals surface area contributed by atoms with Gasteiger partial charge in [-0.05, 0) is 80.2 Å². The molecule has 10 heteroatoms. The molecule has 2 saturated heterocycles. The lowest BCUT2D eigenvalue weighted by Gasteiger charge is -2.39. The van der Waals surface area contributed by atoms with Crippen LogP contribution < -0.4 is 10.0 Å². The van der Waals surface area contributed by atoms with Gasteiger partial charge in [0.15, 0.2) is 6.29 Å². The Morgan fingerprint density at radius 2 is 1.51 bits per heavy atom. The van der Waals surface area contributed by atoms with E-state index in [0.29, 0.717) is 5.69 Å². The van der Waals surface area contributed by atoms with Crippen LogP contribution in [0.2, 0.25) is 0 Å². The zero-order chi connectivity index (χ0) is 34.2. The van der Waals surface area contributed by atoms with Gasteiger partial charge in [0, 0.05) is 24.2 Å². The molecule has 4 atom stereocenters. The molecule has 0 unspecified atom stereocenters. The summed E-state index contributed by atoms with van der Waals surface area (Å²) >= 11 is 0. The summed E-state index contributed by atoms with van der Waals surface area (Å²) in [6, 6.07) is 30.0. The maximum atomic E-state index is 13.6. The number of hydrogen-bond donors (Lipinski definition) is 3. The number of ether oxygens (including phenoxy) is 2. The second kappa shape index (κ2) is 16.2. The van der Waals surface area contributed by atoms with Crippen LogP contribution in [0, 0.1) is 6.92 Å². The van der Waals surface area contributed by atoms with Gasteiger partial charge in [-0.15, -0.1) is 0 Å². The van der Waals surface area contributed by atoms with E-state index >= 15 is 0 Å². The zero-order valence-electron chi connectivity index (χ0n) is 27.8. The van der Waals surface area contributed by atoms with E-state index in [2.05, 4.69) is 14.9 Å². The molecule has 0 saturated carbocycles. The number of sulfonamides is 1. The molecule has 1 amide bonds. The highest BCUT2D eigenvalue weighted by Gasteiger charge is 2.33. The lowest BCUT2D eigenvalue weighted by Crippen LogP contribution is -2.45. The fourth-order valence-electron chi connectivity index (χ4n) is 6.43. The number of nitrogens with zero attached hydrogens (tertiary/aromatic N) is 1. The zero-order valence-corrected chi connectivity index (χ0v) is 28.6. The summed E-state index contributed by atoms with van der Waals surface area (Å²) in [7, 11) is -3.96. The van der Waals surface area contributed by atoms with Crippen molar-refractivity contribution in [3.05, 3.63) is 131 Å². The van der Waals surface area contributed by atoms with Gasteiger partial charge in [0.1, 0.15) is 6.04 Å². The second-order valence-electron chi connectivity index (χ2n) is 13.0. The number of carbonyl (C=O) groups excluding carboxylic acids is 1. The normalized spacial score (nSPS) is 20.8. The molecule has 6 rings (SSSR count). The number of aliphatic hydroxyl groups excluding tert-OH is 1. The highest BCUT2D eigenvalue weighted by atomic mass is 32.2. The van der Waals surface area contributed by atoms with Crippen LogP contribution in [0.15, 0.2) is 108 Å². The van der Waals surface area contributed by atoms with E-state index in [4.69, 9.17) is 9.47 Å². The summed E-state index contributed by atoms with van der Waals surface area (Å²) in [6.45, 7) is 4.85. The number of aliphatic hydroxyl groups is 1. The third kappa shape index (κ3) is 9.42. The van der Waals surface area contributed by atoms with Gasteiger partial charge in [-0.2, -0.15) is 4.72 Å². The van der Waals surface area contributed by atoms with Gasteiger partial charge in [0.2, 0.25) is 15.9 Å². The Morgan fingerprint density at radius 1 is 0.837 bits per heavy atom. The minimum Gasteiger partial charge on any atom is -0.392 e. The lowest BCUT2D eigenvalue weighted by molar-refractivity contribution is -0.253. The van der Waals surface area contributed by atoms with Gasteiger partial charge >= 0.3 is 0 Å². The first-order valence-corrected chi connectivity index (χ1v) is 18.5. The molecule has 0 bridgehead atoms. The summed E-state index contributed by atoms with van der Waals surface area (Å²) < 4.78 is 42.3. The molecule has 2 heterocycles. The molecule has 2 fully saturated rings. The van der Waals surface area contributed by atoms with Crippen molar-refractivity contribution < 1.29 is 27.8 Å². The number of hydrogen-bond acceptors (Lipinski definition) is 7. The quantitative estimate of drug-likeness (QED) is 0.167. The molecule has 49 heavy (non-hydrogen) atoms. The van der Waals surface area contributed by atoms with Crippen molar-refractivity contribution in [3.63, 3.8) is 0 Å². The van der Waals surface area contributed by atoms with Crippen LogP contribution in [0.5, 0.6) is 0 Å². The summed E-state index contributed by atoms with van der Waals surface area (Å²) in [5, 5.41) is 12.4. The number of benzene rings is 4. The monoisotopic (exact) mass is 683 g/mol. The molecule has 0 radical (unpaired) electrons. The SMILES string of the molecule is Cc1ccc(S(=O)(=O)N[C@H](Cc2ccccc2)C(=O)Nc2ccc([C@@H]3O[C@H](CN4CCCCC4)C[C@H](c4ccc(CO)cc4)O3)cc2)cc1. The molecule has 4 aromatic carbocycles. The van der Waals surface area contributed by atoms with E-state index in [9.17, 15) is 18.3 Å². The fourth-order valence-corrected chi connectivity index (χ4v) is 7.62. The Balaban J connectivity index is 1.17. The van der Waals surface area contributed by atoms with Crippen molar-refractivity contribution in [2.24, 2.45) is 0 Å². The average molecular weight is 684 g/mol. The van der Waals surface area contributed by atoms with E-state index in [1.165, 1.54) is 31.4 Å². The second-order valence-corrected chi connectivity index (χ2v) is 14.7. The van der Waals surface area contributed by atoms with Crippen molar-refractivity contribution >= 4 is 21.6 Å². The number of amides is 1. The predicted molar refractivity (Wildman–Crippen MR) is 189 cm³/mol. The number of anilines is 1. The van der Waals surface area contributed by atoms with Gasteiger partial charge < -0.3 is 24.8 Å². The minimum absolute atomic E-state index is 0.0103. The van der Waals surface area contributed by atoms with Crippen LogP contribution >= 0.6 is 0 Å². The van der Waals surface area contributed by atoms with E-state index in [-0.39, 0.29) is 30.1 Å². The summed E-state index contributed by atoms with van der Waals surface area (Å²) in [6.07, 6.45) is 3.75. The van der Waals surface area contributed by atoms with E-state index in [0.717, 1.165) is 53.9 Å². The molecule has 4 aromatic rings. The van der Waals surface area contributed by atoms with Gasteiger partial charge in [-0.3, -0.25) is 4.79 Å². The third-order valence-electron chi connectivity index (χ3n) is 9.20. The fraction of sp³-hybridized carbons (Fsp3) is 0.359. The summed E-state index contributed by atoms with van der Waals surface area (Å²) in [5.41, 5.74) is 5.00. The number of piperidine rings is 1. The molecule has 0 aromatic heterocycles. The Hall–Kier alpha value is -3.90. The van der Waals surface area contributed by atoms with Crippen LogP contribution in [0.1, 0.15) is 65.9 Å². The number of aryl methyl sites for hydroxylation is 1. The van der Waals surface area contributed by atoms with E-state index in [1.807, 2.05) is 73.7 Å². The molecule has 3 N–H and O–H groups in total. The highest BCUT2D eigenvalue weighted by Crippen LogP contribution is 2.38. The molecular weight excluding hydrogens is 639 g/mol. The Bertz CT molecular complexity index is 1760. The molecule has 258 valence electrons. The molecule has 0 aliphatic carbocycles. The van der Waals surface area contributed by atoms with Gasteiger partial charge in [-0.1, -0.05) is 90.8 Å². The summed E-state index contributed by atoms with van der Waals surface area (Å²) in [4.78, 5) is 16.2. The van der Waals surface area contributed by atoms with Crippen LogP contribution in [0.3, 0.4) is 0 Å². The van der Waals surface area contributed by atoms with Crippen molar-refractivity contribution in [2.75, 3.05) is 25.0 Å². The minimum atomic E-state index is -3.96. The number of carbonyl (C=O) groups is 1. The average Bonchev–Trinajstić information content (AvgIpc) is 3.12. The van der Waals surface area contributed by atoms with E-state index in [1.54, 1.807) is 24.3 Å². The topological polar surface area (TPSA) is 117 Å². The van der Waals surface area contributed by atoms with Crippen LogP contribution in [0.4, 0.5) is 5.69 Å². The van der Waals surface area contributed by atoms with E-state index < -0.39 is 28.3 Å². The Kier molecular flexibility index (Phi) is 11.6. The summed E-state index contributed by atoms with van der Waals surface area (Å²) in [5.74, 6) is -0.467. The van der Waals surface area contributed by atoms with Gasteiger partial charge in [0.25, 0.3) is 0 Å². The molecular formula is C39H45N3O6S. The van der Waals surface area contributed by atoms with Crippen molar-refractivity contribution in [1.29, 1.82) is 0 Å². The largest absolute Gasteiger partial charge is 0.392 e. The number of nitrogens with one attached hydrogen (secondary N) is 2. The highest BCUT2D eigenvalue weighted by molar-refractivity contribution is 7.89. The Labute approximate surface area is 289 Å². The third-order valence-corrected chi connectivity index (χ3v) is 10.7. The van der Waals surface area contributed by atoms with Crippen molar-refractivity contribution in [1.82, 2.24) is 9.62 Å². The molecule has 0 spiro atoms. The maximum absolute atomic E-state index is 13.6. The predicted octanol–water partition coefficient (Wildman–Crippen LogP) is 6.05. The number of rotatable bonds is 12. The van der Waals surface area contributed by atoms with Crippen LogP contribution in [-0.2, 0) is 37.3 Å². The standard InChI is InChI=1S/C39H45N3O6S/c1-28-10-20-35(21-11-28)49(45,46)41-36(24-29-8-4-2-5-9-29)38(44)40-33-18-16-32(17-19-33)39-47-34(26-42-22-6-3-7-23-42)25-37(48-39)31-14-12-30(27-43)13-15-31/h2,4-5,8-21,34,36-37,39,41,43H,3,6-7,22-27H2,1H3,(H,40,44)/t34-,36+,37+,39+/m0/s1. The van der Waals surface area contributed by atoms with Crippen molar-refractivity contribution in [2.45, 2.75) is 75.1 Å². The molecule has 2 aliphatic heterocycles. The molecule has 2 aliphatic rings. The molecule has 9 nitrogen and oxygen atoms in total. The first-order chi connectivity index (χ1) is 23.8. The van der Waals surface area contributed by atoms with Gasteiger partial charge in [0.05, 0.1) is 23.7 Å². The van der Waals surface area contributed by atoms with Gasteiger partial charge in [-0.25, -0.2) is 8.42 Å². The van der Waals surface area contributed by atoms with Crippen molar-refractivity contribution in [3.8, 4) is 0 Å². The first-order valence-electron chi connectivity index (χ1n) is 17.0. The smallest absolute Gasteiger partial charge is 0.242 e. The lowest BCUT2D eigenvalue weighted by atomic mass is 9.99.